The second-order valence-electron chi connectivity index (χ2n) is 2.94. The molecule has 84 valence electrons. The highest BCUT2D eigenvalue weighted by Gasteiger charge is 2.40. The van der Waals surface area contributed by atoms with Crippen LogP contribution in [0.25, 0.3) is 0 Å². The fraction of sp³-hybridized carbons (Fsp3) is 0.400. The van der Waals surface area contributed by atoms with Crippen molar-refractivity contribution in [3.05, 3.63) is 35.9 Å². The molecule has 0 radical (unpaired) electrons. The van der Waals surface area contributed by atoms with Crippen LogP contribution in [0.2, 0.25) is 0 Å². The zero-order valence-electron chi connectivity index (χ0n) is 8.21. The van der Waals surface area contributed by atoms with E-state index < -0.39 is 12.2 Å². The predicted molar refractivity (Wildman–Crippen MR) is 50.0 cm³/mol. The zero-order chi connectivity index (χ0) is 11.3. The monoisotopic (exact) mass is 219 g/mol. The number of alkyl halides is 3. The second-order valence-corrected chi connectivity index (χ2v) is 2.94. The van der Waals surface area contributed by atoms with Gasteiger partial charge in [-0.3, -0.25) is 0 Å². The van der Waals surface area contributed by atoms with E-state index in [1.165, 1.54) is 12.1 Å². The maximum atomic E-state index is 12.6. The minimum Gasteiger partial charge on any atom is -0.301 e. The van der Waals surface area contributed by atoms with Crippen LogP contribution in [0.5, 0.6) is 0 Å². The lowest BCUT2D eigenvalue weighted by atomic mass is 10.1. The number of nitrogens with one attached hydrogen (secondary N) is 1. The number of benzene rings is 1. The van der Waals surface area contributed by atoms with Crippen LogP contribution in [-0.4, -0.2) is 12.8 Å². The van der Waals surface area contributed by atoms with Gasteiger partial charge in [-0.1, -0.05) is 30.3 Å². The fourth-order valence-electron chi connectivity index (χ4n) is 1.14. The summed E-state index contributed by atoms with van der Waals surface area (Å²) in [6, 6.07) is 5.81. The van der Waals surface area contributed by atoms with Crippen LogP contribution in [-0.2, 0) is 4.84 Å². The Hall–Kier alpha value is -1.07. The molecule has 1 atom stereocenters. The molecule has 0 aliphatic carbocycles. The van der Waals surface area contributed by atoms with Crippen LogP contribution in [0.3, 0.4) is 0 Å². The summed E-state index contributed by atoms with van der Waals surface area (Å²) in [5.41, 5.74) is 2.14. The van der Waals surface area contributed by atoms with E-state index >= 15 is 0 Å². The Labute approximate surface area is 86.0 Å². The molecule has 0 saturated carbocycles. The second kappa shape index (κ2) is 5.14. The van der Waals surface area contributed by atoms with Gasteiger partial charge in [0, 0.05) is 0 Å². The summed E-state index contributed by atoms with van der Waals surface area (Å²) in [7, 11) is 0. The van der Waals surface area contributed by atoms with Crippen LogP contribution in [0, 0.1) is 0 Å². The largest absolute Gasteiger partial charge is 0.410 e. The van der Waals surface area contributed by atoms with Crippen LogP contribution >= 0.6 is 0 Å². The van der Waals surface area contributed by atoms with Crippen molar-refractivity contribution in [1.29, 1.82) is 0 Å². The molecule has 1 rings (SSSR count). The molecule has 5 heteroatoms. The summed E-state index contributed by atoms with van der Waals surface area (Å²) in [4.78, 5) is 4.61. The van der Waals surface area contributed by atoms with Gasteiger partial charge in [0.15, 0.2) is 6.04 Å². The van der Waals surface area contributed by atoms with E-state index in [9.17, 15) is 13.2 Å². The van der Waals surface area contributed by atoms with Crippen molar-refractivity contribution in [1.82, 2.24) is 5.48 Å². The van der Waals surface area contributed by atoms with Crippen LogP contribution in [0.1, 0.15) is 18.5 Å². The summed E-state index contributed by atoms with van der Waals surface area (Å²) in [5.74, 6) is 0. The maximum Gasteiger partial charge on any atom is 0.410 e. The molecule has 0 aliphatic heterocycles. The van der Waals surface area contributed by atoms with Gasteiger partial charge in [0.25, 0.3) is 0 Å². The summed E-state index contributed by atoms with van der Waals surface area (Å²) in [6.45, 7) is 1.80. The van der Waals surface area contributed by atoms with Crippen LogP contribution in [0.15, 0.2) is 30.3 Å². The van der Waals surface area contributed by atoms with Gasteiger partial charge in [0.1, 0.15) is 0 Å². The van der Waals surface area contributed by atoms with E-state index in [0.29, 0.717) is 0 Å². The summed E-state index contributed by atoms with van der Waals surface area (Å²) in [5, 5.41) is 0. The predicted octanol–water partition coefficient (Wildman–Crippen LogP) is 2.83. The van der Waals surface area contributed by atoms with Gasteiger partial charge in [-0.2, -0.15) is 18.7 Å². The third-order valence-corrected chi connectivity index (χ3v) is 1.81. The van der Waals surface area contributed by atoms with E-state index in [-0.39, 0.29) is 12.2 Å². The highest BCUT2D eigenvalue weighted by Crippen LogP contribution is 2.32. The quantitative estimate of drug-likeness (QED) is 0.786. The molecule has 1 unspecified atom stereocenters. The molecule has 1 aromatic carbocycles. The maximum absolute atomic E-state index is 12.6. The zero-order valence-corrected chi connectivity index (χ0v) is 8.21. The average molecular weight is 219 g/mol. The molecule has 0 aromatic heterocycles. The Bertz CT molecular complexity index is 286. The summed E-state index contributed by atoms with van der Waals surface area (Å²) in [6.07, 6.45) is -4.36. The Balaban J connectivity index is 2.82. The van der Waals surface area contributed by atoms with Crippen molar-refractivity contribution >= 4 is 0 Å². The molecule has 0 spiro atoms. The highest BCUT2D eigenvalue weighted by atomic mass is 19.4. The Morgan fingerprint density at radius 2 is 1.87 bits per heavy atom. The Morgan fingerprint density at radius 3 is 2.33 bits per heavy atom. The molecule has 2 nitrogen and oxygen atoms in total. The number of rotatable bonds is 4. The van der Waals surface area contributed by atoms with Crippen molar-refractivity contribution in [2.75, 3.05) is 6.61 Å². The van der Waals surface area contributed by atoms with Gasteiger partial charge < -0.3 is 4.84 Å². The van der Waals surface area contributed by atoms with Gasteiger partial charge in [-0.05, 0) is 12.5 Å². The van der Waals surface area contributed by atoms with E-state index in [0.717, 1.165) is 0 Å². The van der Waals surface area contributed by atoms with Crippen LogP contribution in [0.4, 0.5) is 13.2 Å². The van der Waals surface area contributed by atoms with Crippen molar-refractivity contribution in [2.24, 2.45) is 0 Å². The standard InChI is InChI=1S/C10H12F3NO/c1-2-15-14-9(10(11,12)13)8-6-4-3-5-7-8/h3-7,9,14H,2H2,1H3. The Morgan fingerprint density at radius 1 is 1.27 bits per heavy atom. The summed E-state index contributed by atoms with van der Waals surface area (Å²) < 4.78 is 37.8. The number of halogens is 3. The number of hydroxylamine groups is 1. The van der Waals surface area contributed by atoms with Gasteiger partial charge in [-0.25, -0.2) is 0 Å². The van der Waals surface area contributed by atoms with E-state index in [4.69, 9.17) is 0 Å². The van der Waals surface area contributed by atoms with Gasteiger partial charge in [0.2, 0.25) is 0 Å². The molecular weight excluding hydrogens is 207 g/mol. The molecule has 0 saturated heterocycles. The normalized spacial score (nSPS) is 13.9. The molecule has 15 heavy (non-hydrogen) atoms. The van der Waals surface area contributed by atoms with Crippen molar-refractivity contribution in [3.63, 3.8) is 0 Å². The third kappa shape index (κ3) is 3.53. The lowest BCUT2D eigenvalue weighted by molar-refractivity contribution is -0.186. The molecule has 0 aliphatic rings. The average Bonchev–Trinajstić information content (AvgIpc) is 2.18. The molecule has 0 heterocycles. The molecule has 1 N–H and O–H groups in total. The van der Waals surface area contributed by atoms with E-state index in [1.807, 2.05) is 5.48 Å². The third-order valence-electron chi connectivity index (χ3n) is 1.81. The van der Waals surface area contributed by atoms with Gasteiger partial charge in [0.05, 0.1) is 6.61 Å². The Kier molecular flexibility index (Phi) is 4.11. The lowest BCUT2D eigenvalue weighted by Gasteiger charge is -2.21. The first-order valence-electron chi connectivity index (χ1n) is 4.54. The first kappa shape index (κ1) is 12.0. The first-order chi connectivity index (χ1) is 7.05. The smallest absolute Gasteiger partial charge is 0.301 e. The fourth-order valence-corrected chi connectivity index (χ4v) is 1.14. The highest BCUT2D eigenvalue weighted by molar-refractivity contribution is 5.19. The number of hydrogen-bond donors (Lipinski definition) is 1. The van der Waals surface area contributed by atoms with E-state index in [1.54, 1.807) is 25.1 Å². The van der Waals surface area contributed by atoms with Gasteiger partial charge >= 0.3 is 6.18 Å². The van der Waals surface area contributed by atoms with Gasteiger partial charge in [-0.15, -0.1) is 0 Å². The van der Waals surface area contributed by atoms with Crippen molar-refractivity contribution < 1.29 is 18.0 Å². The topological polar surface area (TPSA) is 21.3 Å². The molecule has 0 bridgehead atoms. The van der Waals surface area contributed by atoms with Crippen LogP contribution < -0.4 is 5.48 Å². The molecule has 1 aromatic rings. The molecule has 0 amide bonds. The summed E-state index contributed by atoms with van der Waals surface area (Å²) >= 11 is 0. The van der Waals surface area contributed by atoms with E-state index in [2.05, 4.69) is 4.84 Å². The van der Waals surface area contributed by atoms with Crippen molar-refractivity contribution in [3.8, 4) is 0 Å². The number of hydrogen-bond acceptors (Lipinski definition) is 2. The first-order valence-corrected chi connectivity index (χ1v) is 4.54. The lowest BCUT2D eigenvalue weighted by Crippen LogP contribution is -2.34. The molecule has 0 fully saturated rings. The minimum absolute atomic E-state index is 0.137. The molecular formula is C10H12F3NO. The minimum atomic E-state index is -4.36. The van der Waals surface area contributed by atoms with Crippen molar-refractivity contribution in [2.45, 2.75) is 19.1 Å². The SMILES string of the molecule is CCONC(c1ccccc1)C(F)(F)F.